The number of benzene rings is 1. The van der Waals surface area contributed by atoms with Gasteiger partial charge in [0.05, 0.1) is 11.4 Å². The average molecular weight is 293 g/mol. The number of rotatable bonds is 3. The Balaban J connectivity index is 2.07. The van der Waals surface area contributed by atoms with Gasteiger partial charge in [-0.3, -0.25) is 4.79 Å². The summed E-state index contributed by atoms with van der Waals surface area (Å²) in [6, 6.07) is 11.8. The van der Waals surface area contributed by atoms with Gasteiger partial charge in [0.2, 0.25) is 5.91 Å². The number of carbonyl (C=O) groups excluding carboxylic acids is 1. The Hall–Kier alpha value is -2.62. The highest BCUT2D eigenvalue weighted by molar-refractivity contribution is 5.96. The summed E-state index contributed by atoms with van der Waals surface area (Å²) in [5, 5.41) is 2.98. The van der Waals surface area contributed by atoms with E-state index in [4.69, 9.17) is 4.98 Å². The van der Waals surface area contributed by atoms with Crippen LogP contribution in [0.3, 0.4) is 0 Å². The second-order valence-electron chi connectivity index (χ2n) is 5.74. The molecule has 0 aliphatic rings. The van der Waals surface area contributed by atoms with E-state index >= 15 is 0 Å². The summed E-state index contributed by atoms with van der Waals surface area (Å²) >= 11 is 0. The second kappa shape index (κ2) is 5.64. The molecular formula is C18H19N3O. The van der Waals surface area contributed by atoms with Gasteiger partial charge in [-0.1, -0.05) is 38.1 Å². The van der Waals surface area contributed by atoms with Crippen LogP contribution in [0.2, 0.25) is 0 Å². The number of pyridine rings is 1. The molecule has 0 saturated heterocycles. The maximum absolute atomic E-state index is 12.0. The molecule has 3 aromatic rings. The van der Waals surface area contributed by atoms with Crippen LogP contribution in [-0.4, -0.2) is 15.3 Å². The molecule has 1 N–H and O–H groups in total. The van der Waals surface area contributed by atoms with Crippen LogP contribution in [0.25, 0.3) is 16.9 Å². The maximum Gasteiger partial charge on any atom is 0.226 e. The van der Waals surface area contributed by atoms with Crippen molar-refractivity contribution in [2.45, 2.75) is 20.8 Å². The number of hydrogen-bond acceptors (Lipinski definition) is 2. The summed E-state index contributed by atoms with van der Waals surface area (Å²) in [5.74, 6) is -0.0521. The zero-order chi connectivity index (χ0) is 15.7. The van der Waals surface area contributed by atoms with E-state index in [1.54, 1.807) is 0 Å². The normalized spacial score (nSPS) is 11.1. The molecule has 0 aliphatic heterocycles. The van der Waals surface area contributed by atoms with E-state index in [9.17, 15) is 4.79 Å². The molecule has 0 bridgehead atoms. The number of aromatic nitrogens is 2. The Morgan fingerprint density at radius 3 is 2.68 bits per heavy atom. The highest BCUT2D eigenvalue weighted by Crippen LogP contribution is 2.28. The number of anilines is 1. The van der Waals surface area contributed by atoms with Gasteiger partial charge in [0, 0.05) is 23.9 Å². The van der Waals surface area contributed by atoms with Crippen molar-refractivity contribution in [3.05, 3.63) is 54.4 Å². The van der Waals surface area contributed by atoms with E-state index in [1.807, 2.05) is 74.0 Å². The molecule has 1 aromatic carbocycles. The lowest BCUT2D eigenvalue weighted by Gasteiger charge is -2.11. The molecule has 0 spiro atoms. The highest BCUT2D eigenvalue weighted by atomic mass is 16.1. The molecule has 0 atom stereocenters. The Morgan fingerprint density at radius 1 is 1.18 bits per heavy atom. The monoisotopic (exact) mass is 293 g/mol. The Kier molecular flexibility index (Phi) is 3.67. The van der Waals surface area contributed by atoms with Gasteiger partial charge < -0.3 is 9.72 Å². The topological polar surface area (TPSA) is 46.4 Å². The Labute approximate surface area is 129 Å². The summed E-state index contributed by atoms with van der Waals surface area (Å²) in [6.07, 6.45) is 3.97. The van der Waals surface area contributed by atoms with Crippen LogP contribution < -0.4 is 5.32 Å². The summed E-state index contributed by atoms with van der Waals surface area (Å²) in [4.78, 5) is 16.7. The van der Waals surface area contributed by atoms with Gasteiger partial charge in [-0.05, 0) is 24.6 Å². The molecule has 0 fully saturated rings. The van der Waals surface area contributed by atoms with Gasteiger partial charge in [0.1, 0.15) is 5.65 Å². The smallest absolute Gasteiger partial charge is 0.226 e. The first kappa shape index (κ1) is 14.3. The third kappa shape index (κ3) is 2.60. The number of fused-ring (bicyclic) bond motifs is 1. The van der Waals surface area contributed by atoms with Gasteiger partial charge in [0.25, 0.3) is 0 Å². The Morgan fingerprint density at radius 2 is 1.95 bits per heavy atom. The number of amides is 1. The first-order valence-corrected chi connectivity index (χ1v) is 7.41. The van der Waals surface area contributed by atoms with Gasteiger partial charge in [-0.15, -0.1) is 0 Å². The van der Waals surface area contributed by atoms with Crippen molar-refractivity contribution >= 4 is 17.2 Å². The average Bonchev–Trinajstić information content (AvgIpc) is 2.93. The van der Waals surface area contributed by atoms with Crippen LogP contribution in [0.15, 0.2) is 48.8 Å². The molecule has 22 heavy (non-hydrogen) atoms. The van der Waals surface area contributed by atoms with Crippen LogP contribution in [0.1, 0.15) is 19.4 Å². The molecule has 0 unspecified atom stereocenters. The van der Waals surface area contributed by atoms with Crippen molar-refractivity contribution in [2.75, 3.05) is 5.32 Å². The predicted molar refractivity (Wildman–Crippen MR) is 88.8 cm³/mol. The minimum Gasteiger partial charge on any atom is -0.325 e. The lowest BCUT2D eigenvalue weighted by Crippen LogP contribution is -2.18. The van der Waals surface area contributed by atoms with Crippen molar-refractivity contribution in [1.82, 2.24) is 9.38 Å². The highest BCUT2D eigenvalue weighted by Gasteiger charge is 2.13. The number of aryl methyl sites for hydroxylation is 1. The molecule has 2 heterocycles. The molecule has 1 amide bonds. The fourth-order valence-electron chi connectivity index (χ4n) is 2.38. The fraction of sp³-hybridized carbons (Fsp3) is 0.222. The summed E-state index contributed by atoms with van der Waals surface area (Å²) < 4.78 is 2.01. The Bertz CT molecular complexity index is 833. The van der Waals surface area contributed by atoms with Gasteiger partial charge in [0.15, 0.2) is 0 Å². The van der Waals surface area contributed by atoms with E-state index in [1.165, 1.54) is 0 Å². The van der Waals surface area contributed by atoms with Crippen molar-refractivity contribution in [3.8, 4) is 11.3 Å². The van der Waals surface area contributed by atoms with Crippen molar-refractivity contribution in [2.24, 2.45) is 5.92 Å². The van der Waals surface area contributed by atoms with Gasteiger partial charge in [-0.25, -0.2) is 4.98 Å². The summed E-state index contributed by atoms with van der Waals surface area (Å²) in [5.41, 5.74) is 4.63. The first-order chi connectivity index (χ1) is 10.6. The predicted octanol–water partition coefficient (Wildman–Crippen LogP) is 3.90. The van der Waals surface area contributed by atoms with Crippen LogP contribution in [0.4, 0.5) is 5.69 Å². The molecule has 0 radical (unpaired) electrons. The minimum absolute atomic E-state index is 0.00685. The number of hydrogen-bond donors (Lipinski definition) is 1. The standard InChI is InChI=1S/C18H19N3O/c1-12(2)18(22)20-15-9-5-4-8-14(15)16-11-21-10-6-7-13(3)17(21)19-16/h4-12H,1-3H3,(H,20,22). The molecule has 0 aliphatic carbocycles. The lowest BCUT2D eigenvalue weighted by molar-refractivity contribution is -0.118. The zero-order valence-corrected chi connectivity index (χ0v) is 13.0. The minimum atomic E-state index is -0.0589. The molecule has 3 rings (SSSR count). The van der Waals surface area contributed by atoms with E-state index < -0.39 is 0 Å². The fourth-order valence-corrected chi connectivity index (χ4v) is 2.38. The number of imidazole rings is 1. The lowest BCUT2D eigenvalue weighted by atomic mass is 10.1. The molecule has 4 nitrogen and oxygen atoms in total. The third-order valence-corrected chi connectivity index (χ3v) is 3.66. The maximum atomic E-state index is 12.0. The van der Waals surface area contributed by atoms with Crippen LogP contribution in [-0.2, 0) is 4.79 Å². The molecule has 112 valence electrons. The zero-order valence-electron chi connectivity index (χ0n) is 13.0. The van der Waals surface area contributed by atoms with Crippen molar-refractivity contribution < 1.29 is 4.79 Å². The van der Waals surface area contributed by atoms with E-state index in [-0.39, 0.29) is 11.8 Å². The third-order valence-electron chi connectivity index (χ3n) is 3.66. The molecule has 4 heteroatoms. The van der Waals surface area contributed by atoms with Gasteiger partial charge >= 0.3 is 0 Å². The van der Waals surface area contributed by atoms with Crippen LogP contribution >= 0.6 is 0 Å². The van der Waals surface area contributed by atoms with E-state index in [0.29, 0.717) is 0 Å². The number of para-hydroxylation sites is 1. The SMILES string of the molecule is Cc1cccn2cc(-c3ccccc3NC(=O)C(C)C)nc12. The van der Waals surface area contributed by atoms with Gasteiger partial charge in [-0.2, -0.15) is 0 Å². The van der Waals surface area contributed by atoms with Crippen molar-refractivity contribution in [3.63, 3.8) is 0 Å². The quantitative estimate of drug-likeness (QED) is 0.796. The van der Waals surface area contributed by atoms with E-state index in [2.05, 4.69) is 5.32 Å². The van der Waals surface area contributed by atoms with Crippen LogP contribution in [0, 0.1) is 12.8 Å². The molecule has 0 saturated carbocycles. The number of nitrogens with zero attached hydrogens (tertiary/aromatic N) is 2. The summed E-state index contributed by atoms with van der Waals surface area (Å²) in [7, 11) is 0. The number of carbonyl (C=O) groups is 1. The van der Waals surface area contributed by atoms with Crippen molar-refractivity contribution in [1.29, 1.82) is 0 Å². The first-order valence-electron chi connectivity index (χ1n) is 7.41. The molecular weight excluding hydrogens is 274 g/mol. The largest absolute Gasteiger partial charge is 0.325 e. The van der Waals surface area contributed by atoms with E-state index in [0.717, 1.165) is 28.2 Å². The molecule has 2 aromatic heterocycles. The second-order valence-corrected chi connectivity index (χ2v) is 5.74. The van der Waals surface area contributed by atoms with Crippen LogP contribution in [0.5, 0.6) is 0 Å². The number of nitrogens with one attached hydrogen (secondary N) is 1. The summed E-state index contributed by atoms with van der Waals surface area (Å²) in [6.45, 7) is 5.80.